The summed E-state index contributed by atoms with van der Waals surface area (Å²) in [7, 11) is 4.47. The first-order valence-electron chi connectivity index (χ1n) is 8.28. The van der Waals surface area contributed by atoms with Gasteiger partial charge in [0.1, 0.15) is 0 Å². The van der Waals surface area contributed by atoms with Crippen LogP contribution in [-0.2, 0) is 0 Å². The standard InChI is InChI=1S/C19H20ClNO6/c1-23-16-7-11(8-17(24-2)18(16)25-3)19(22)21-13-10-15-14(9-12(13)20)26-5-4-6-27-15/h7-10H,4-6H2,1-3H3,(H,21,22). The van der Waals surface area contributed by atoms with Crippen molar-refractivity contribution >= 4 is 23.2 Å². The van der Waals surface area contributed by atoms with Crippen LogP contribution in [0.25, 0.3) is 0 Å². The summed E-state index contributed by atoms with van der Waals surface area (Å²) in [6.07, 6.45) is 0.777. The van der Waals surface area contributed by atoms with E-state index in [4.69, 9.17) is 35.3 Å². The number of amides is 1. The molecule has 0 spiro atoms. The van der Waals surface area contributed by atoms with Crippen molar-refractivity contribution in [2.24, 2.45) is 0 Å². The summed E-state index contributed by atoms with van der Waals surface area (Å²) in [6, 6.07) is 6.41. The molecule has 1 N–H and O–H groups in total. The number of methoxy groups -OCH3 is 3. The van der Waals surface area contributed by atoms with E-state index in [2.05, 4.69) is 5.32 Å². The zero-order valence-electron chi connectivity index (χ0n) is 15.3. The highest BCUT2D eigenvalue weighted by atomic mass is 35.5. The molecule has 0 bridgehead atoms. The summed E-state index contributed by atoms with van der Waals surface area (Å²) in [5.41, 5.74) is 0.743. The lowest BCUT2D eigenvalue weighted by Crippen LogP contribution is -2.13. The van der Waals surface area contributed by atoms with Gasteiger partial charge in [0.2, 0.25) is 5.75 Å². The van der Waals surface area contributed by atoms with Crippen LogP contribution in [0.5, 0.6) is 28.7 Å². The Morgan fingerprint density at radius 3 is 2.11 bits per heavy atom. The van der Waals surface area contributed by atoms with Crippen LogP contribution in [0.4, 0.5) is 5.69 Å². The molecular weight excluding hydrogens is 374 g/mol. The molecular formula is C19H20ClNO6. The van der Waals surface area contributed by atoms with Gasteiger partial charge in [0.15, 0.2) is 23.0 Å². The maximum absolute atomic E-state index is 12.7. The molecule has 1 aliphatic rings. The van der Waals surface area contributed by atoms with Gasteiger partial charge in [0, 0.05) is 24.1 Å². The lowest BCUT2D eigenvalue weighted by molar-refractivity contribution is 0.102. The molecule has 0 aliphatic carbocycles. The third-order valence-corrected chi connectivity index (χ3v) is 4.33. The molecule has 0 fully saturated rings. The van der Waals surface area contributed by atoms with Crippen LogP contribution >= 0.6 is 11.6 Å². The molecule has 7 nitrogen and oxygen atoms in total. The number of halogens is 1. The van der Waals surface area contributed by atoms with Crippen molar-refractivity contribution in [3.8, 4) is 28.7 Å². The van der Waals surface area contributed by atoms with Gasteiger partial charge in [-0.25, -0.2) is 0 Å². The molecule has 0 unspecified atom stereocenters. The normalized spacial score (nSPS) is 12.7. The summed E-state index contributed by atoms with van der Waals surface area (Å²) in [4.78, 5) is 12.7. The van der Waals surface area contributed by atoms with E-state index in [-0.39, 0.29) is 5.91 Å². The summed E-state index contributed by atoms with van der Waals surface area (Å²) < 4.78 is 27.1. The van der Waals surface area contributed by atoms with E-state index in [0.29, 0.717) is 58.2 Å². The van der Waals surface area contributed by atoms with Gasteiger partial charge in [-0.2, -0.15) is 0 Å². The zero-order chi connectivity index (χ0) is 19.4. The number of ether oxygens (including phenoxy) is 5. The fraction of sp³-hybridized carbons (Fsp3) is 0.316. The summed E-state index contributed by atoms with van der Waals surface area (Å²) >= 11 is 6.29. The molecule has 1 heterocycles. The average Bonchev–Trinajstić information content (AvgIpc) is 2.91. The van der Waals surface area contributed by atoms with Crippen molar-refractivity contribution in [3.63, 3.8) is 0 Å². The molecule has 3 rings (SSSR count). The highest BCUT2D eigenvalue weighted by Crippen LogP contribution is 2.40. The summed E-state index contributed by atoms with van der Waals surface area (Å²) in [6.45, 7) is 1.09. The predicted octanol–water partition coefficient (Wildman–Crippen LogP) is 3.78. The Morgan fingerprint density at radius 1 is 0.963 bits per heavy atom. The van der Waals surface area contributed by atoms with Crippen molar-refractivity contribution < 1.29 is 28.5 Å². The Balaban J connectivity index is 1.90. The molecule has 144 valence electrons. The van der Waals surface area contributed by atoms with Gasteiger partial charge in [-0.05, 0) is 12.1 Å². The van der Waals surface area contributed by atoms with E-state index < -0.39 is 0 Å². The summed E-state index contributed by atoms with van der Waals surface area (Å²) in [5.74, 6) is 1.88. The van der Waals surface area contributed by atoms with Gasteiger partial charge in [-0.1, -0.05) is 11.6 Å². The minimum atomic E-state index is -0.384. The second-order valence-corrected chi connectivity index (χ2v) is 6.10. The number of hydrogen-bond donors (Lipinski definition) is 1. The van der Waals surface area contributed by atoms with Crippen molar-refractivity contribution in [1.82, 2.24) is 0 Å². The van der Waals surface area contributed by atoms with Gasteiger partial charge in [0.25, 0.3) is 5.91 Å². The third kappa shape index (κ3) is 3.98. The van der Waals surface area contributed by atoms with Crippen LogP contribution in [-0.4, -0.2) is 40.5 Å². The Labute approximate surface area is 162 Å². The minimum Gasteiger partial charge on any atom is -0.493 e. The highest BCUT2D eigenvalue weighted by Gasteiger charge is 2.19. The fourth-order valence-electron chi connectivity index (χ4n) is 2.69. The van der Waals surface area contributed by atoms with Crippen molar-refractivity contribution in [2.75, 3.05) is 39.9 Å². The maximum atomic E-state index is 12.7. The van der Waals surface area contributed by atoms with Gasteiger partial charge in [0.05, 0.1) is 45.3 Å². The van der Waals surface area contributed by atoms with Crippen molar-refractivity contribution in [3.05, 3.63) is 34.9 Å². The smallest absolute Gasteiger partial charge is 0.255 e. The van der Waals surface area contributed by atoms with E-state index >= 15 is 0 Å². The average molecular weight is 394 g/mol. The highest BCUT2D eigenvalue weighted by molar-refractivity contribution is 6.34. The molecule has 8 heteroatoms. The molecule has 2 aromatic carbocycles. The Kier molecular flexibility index (Phi) is 5.81. The minimum absolute atomic E-state index is 0.327. The number of carbonyl (C=O) groups excluding carboxylic acids is 1. The van der Waals surface area contributed by atoms with Crippen LogP contribution in [0.3, 0.4) is 0 Å². The molecule has 1 aliphatic heterocycles. The van der Waals surface area contributed by atoms with Gasteiger partial charge in [-0.15, -0.1) is 0 Å². The predicted molar refractivity (Wildman–Crippen MR) is 101 cm³/mol. The third-order valence-electron chi connectivity index (χ3n) is 4.01. The number of benzene rings is 2. The Morgan fingerprint density at radius 2 is 1.56 bits per heavy atom. The van der Waals surface area contributed by atoms with Crippen molar-refractivity contribution in [1.29, 1.82) is 0 Å². The number of fused-ring (bicyclic) bond motifs is 1. The molecule has 1 amide bonds. The monoisotopic (exact) mass is 393 g/mol. The second-order valence-electron chi connectivity index (χ2n) is 5.70. The Hall–Kier alpha value is -2.80. The number of anilines is 1. The van der Waals surface area contributed by atoms with Crippen LogP contribution in [0, 0.1) is 0 Å². The van der Waals surface area contributed by atoms with E-state index in [9.17, 15) is 4.79 Å². The number of hydrogen-bond acceptors (Lipinski definition) is 6. The van der Waals surface area contributed by atoms with Crippen LogP contribution in [0.1, 0.15) is 16.8 Å². The van der Waals surface area contributed by atoms with Gasteiger partial charge in [-0.3, -0.25) is 4.79 Å². The maximum Gasteiger partial charge on any atom is 0.255 e. The van der Waals surface area contributed by atoms with Crippen LogP contribution in [0.15, 0.2) is 24.3 Å². The first-order chi connectivity index (χ1) is 13.1. The topological polar surface area (TPSA) is 75.3 Å². The molecule has 0 saturated heterocycles. The molecule has 0 atom stereocenters. The Bertz CT molecular complexity index is 829. The lowest BCUT2D eigenvalue weighted by Gasteiger charge is -2.15. The zero-order valence-corrected chi connectivity index (χ0v) is 16.0. The molecule has 2 aromatic rings. The van der Waals surface area contributed by atoms with Crippen LogP contribution in [0.2, 0.25) is 5.02 Å². The molecule has 27 heavy (non-hydrogen) atoms. The first kappa shape index (κ1) is 19.0. The largest absolute Gasteiger partial charge is 0.493 e. The van der Waals surface area contributed by atoms with Gasteiger partial charge < -0.3 is 29.0 Å². The van der Waals surface area contributed by atoms with E-state index in [0.717, 1.165) is 6.42 Å². The number of nitrogens with one attached hydrogen (secondary N) is 1. The number of carbonyl (C=O) groups is 1. The van der Waals surface area contributed by atoms with E-state index in [1.54, 1.807) is 24.3 Å². The molecule has 0 radical (unpaired) electrons. The van der Waals surface area contributed by atoms with Crippen molar-refractivity contribution in [2.45, 2.75) is 6.42 Å². The van der Waals surface area contributed by atoms with E-state index in [1.165, 1.54) is 21.3 Å². The van der Waals surface area contributed by atoms with Gasteiger partial charge >= 0.3 is 0 Å². The van der Waals surface area contributed by atoms with E-state index in [1.807, 2.05) is 0 Å². The lowest BCUT2D eigenvalue weighted by atomic mass is 10.1. The second kappa shape index (κ2) is 8.26. The quantitative estimate of drug-likeness (QED) is 0.833. The first-order valence-corrected chi connectivity index (χ1v) is 8.65. The SMILES string of the molecule is COc1cc(C(=O)Nc2cc3c(cc2Cl)OCCCO3)cc(OC)c1OC. The fourth-order valence-corrected chi connectivity index (χ4v) is 2.89. The molecule has 0 aromatic heterocycles. The van der Waals surface area contributed by atoms with Crippen LogP contribution < -0.4 is 29.0 Å². The molecule has 0 saturated carbocycles. The number of rotatable bonds is 5. The summed E-state index contributed by atoms with van der Waals surface area (Å²) in [5, 5.41) is 3.13.